The number of thiazole rings is 1. The number of aryl methyl sites for hydroxylation is 1. The Kier molecular flexibility index (Phi) is 5.45. The third-order valence-corrected chi connectivity index (χ3v) is 7.57. The van der Waals surface area contributed by atoms with Crippen LogP contribution in [-0.4, -0.2) is 77.4 Å². The molecule has 1 fully saturated rings. The average Bonchev–Trinajstić information content (AvgIpc) is 3.39. The van der Waals surface area contributed by atoms with E-state index in [0.717, 1.165) is 47.0 Å². The summed E-state index contributed by atoms with van der Waals surface area (Å²) in [4.78, 5) is 21.6. The van der Waals surface area contributed by atoms with Crippen LogP contribution in [0.1, 0.15) is 22.3 Å². The number of fused-ring (bicyclic) bond motifs is 4. The van der Waals surface area contributed by atoms with E-state index in [1.54, 1.807) is 18.4 Å². The quantitative estimate of drug-likeness (QED) is 0.611. The Morgan fingerprint density at radius 2 is 2.12 bits per heavy atom. The minimum absolute atomic E-state index is 0.00249. The number of aliphatic hydroxyl groups is 1. The zero-order valence-corrected chi connectivity index (χ0v) is 19.4. The van der Waals surface area contributed by atoms with Crippen LogP contribution in [0.2, 0.25) is 0 Å². The highest BCUT2D eigenvalue weighted by Gasteiger charge is 2.54. The molecular weight excluding hydrogens is 428 g/mol. The minimum Gasteiger partial charge on any atom is -0.497 e. The van der Waals surface area contributed by atoms with Crippen molar-refractivity contribution in [1.82, 2.24) is 19.4 Å². The van der Waals surface area contributed by atoms with Crippen molar-refractivity contribution in [2.24, 2.45) is 7.05 Å². The highest BCUT2D eigenvalue weighted by molar-refractivity contribution is 7.09. The lowest BCUT2D eigenvalue weighted by Gasteiger charge is -2.56. The lowest BCUT2D eigenvalue weighted by Crippen LogP contribution is -2.67. The summed E-state index contributed by atoms with van der Waals surface area (Å²) in [5.74, 6) is 0.689. The van der Waals surface area contributed by atoms with Gasteiger partial charge in [0.25, 0.3) is 0 Å². The van der Waals surface area contributed by atoms with Gasteiger partial charge in [0.1, 0.15) is 17.4 Å². The monoisotopic (exact) mass is 456 g/mol. The Balaban J connectivity index is 1.61. The number of aliphatic hydroxyl groups excluding tert-OH is 1. The zero-order valence-electron chi connectivity index (χ0n) is 18.6. The molecule has 0 aliphatic carbocycles. The first-order valence-electron chi connectivity index (χ1n) is 10.7. The van der Waals surface area contributed by atoms with E-state index >= 15 is 0 Å². The number of likely N-dealkylation sites (tertiary alicyclic amines) is 1. The second-order valence-electron chi connectivity index (χ2n) is 8.71. The van der Waals surface area contributed by atoms with Crippen molar-refractivity contribution in [3.63, 3.8) is 0 Å². The van der Waals surface area contributed by atoms with E-state index in [9.17, 15) is 9.90 Å². The largest absolute Gasteiger partial charge is 0.497 e. The first-order chi connectivity index (χ1) is 15.5. The maximum Gasteiger partial charge on any atom is 0.249 e. The highest BCUT2D eigenvalue weighted by atomic mass is 32.1. The molecule has 0 bridgehead atoms. The molecule has 4 heterocycles. The minimum atomic E-state index is -0.408. The topological polar surface area (TPSA) is 80.1 Å². The van der Waals surface area contributed by atoms with Crippen molar-refractivity contribution in [3.8, 4) is 5.75 Å². The van der Waals surface area contributed by atoms with Crippen molar-refractivity contribution in [2.75, 3.05) is 47.1 Å². The number of methoxy groups -OCH3 is 2. The molecule has 2 aliphatic heterocycles. The predicted octanol–water partition coefficient (Wildman–Crippen LogP) is 1.92. The summed E-state index contributed by atoms with van der Waals surface area (Å²) in [7, 11) is 5.20. The standard InChI is InChI=1S/C23H28N4O4S/c1-25-17-8-15(31-3)4-5-16(17)21-22(25)18(10-28)27(20(29)11-30-2)14-23(21)12-26(13-23)9-19-24-6-7-32-19/h4-8,18,28H,9-14H2,1-3H3/t18-/m0/s1. The van der Waals surface area contributed by atoms with Crippen LogP contribution >= 0.6 is 11.3 Å². The molecule has 2 aliphatic rings. The maximum atomic E-state index is 13.0. The van der Waals surface area contributed by atoms with Crippen LogP contribution in [0.4, 0.5) is 0 Å². The van der Waals surface area contributed by atoms with E-state index in [4.69, 9.17) is 9.47 Å². The van der Waals surface area contributed by atoms with E-state index in [0.29, 0.717) is 6.54 Å². The molecule has 1 N–H and O–H groups in total. The molecule has 3 aromatic rings. The van der Waals surface area contributed by atoms with Gasteiger partial charge in [-0.25, -0.2) is 4.98 Å². The Hall–Kier alpha value is -2.46. The predicted molar refractivity (Wildman–Crippen MR) is 122 cm³/mol. The number of carbonyl (C=O) groups excluding carboxylic acids is 1. The van der Waals surface area contributed by atoms with Crippen LogP contribution in [0.25, 0.3) is 10.9 Å². The van der Waals surface area contributed by atoms with Gasteiger partial charge in [-0.15, -0.1) is 11.3 Å². The van der Waals surface area contributed by atoms with Crippen molar-refractivity contribution in [3.05, 3.63) is 46.0 Å². The van der Waals surface area contributed by atoms with Crippen molar-refractivity contribution < 1.29 is 19.4 Å². The average molecular weight is 457 g/mol. The molecule has 0 saturated carbocycles. The van der Waals surface area contributed by atoms with E-state index in [2.05, 4.69) is 20.5 Å². The smallest absolute Gasteiger partial charge is 0.249 e. The normalized spacial score (nSPS) is 19.9. The van der Waals surface area contributed by atoms with Gasteiger partial charge in [-0.1, -0.05) is 0 Å². The van der Waals surface area contributed by atoms with E-state index in [-0.39, 0.29) is 24.5 Å². The van der Waals surface area contributed by atoms with Gasteiger partial charge in [0.2, 0.25) is 5.91 Å². The van der Waals surface area contributed by atoms with Gasteiger partial charge in [-0.3, -0.25) is 9.69 Å². The number of benzene rings is 1. The maximum absolute atomic E-state index is 13.0. The fourth-order valence-corrected chi connectivity index (χ4v) is 6.19. The summed E-state index contributed by atoms with van der Waals surface area (Å²) in [5, 5.41) is 14.6. The number of ether oxygens (including phenoxy) is 2. The van der Waals surface area contributed by atoms with Crippen LogP contribution in [0, 0.1) is 0 Å². The van der Waals surface area contributed by atoms with E-state index in [1.807, 2.05) is 35.7 Å². The molecular formula is C23H28N4O4S. The summed E-state index contributed by atoms with van der Waals surface area (Å²) in [6.07, 6.45) is 1.84. The summed E-state index contributed by atoms with van der Waals surface area (Å²) >= 11 is 1.66. The number of hydrogen-bond acceptors (Lipinski definition) is 7. The molecule has 0 radical (unpaired) electrons. The second-order valence-corrected chi connectivity index (χ2v) is 9.69. The number of carbonyl (C=O) groups is 1. The molecule has 2 aromatic heterocycles. The highest BCUT2D eigenvalue weighted by Crippen LogP contribution is 2.49. The SMILES string of the molecule is COCC(=O)N1CC2(CN(Cc3nccs3)C2)c2c(n(C)c3cc(OC)ccc23)[C@@H]1CO. The summed E-state index contributed by atoms with van der Waals surface area (Å²) in [6.45, 7) is 2.90. The van der Waals surface area contributed by atoms with Crippen LogP contribution in [-0.2, 0) is 28.5 Å². The second kappa shape index (κ2) is 8.15. The molecule has 1 aromatic carbocycles. The molecule has 1 atom stereocenters. The van der Waals surface area contributed by atoms with Gasteiger partial charge in [0.15, 0.2) is 0 Å². The Labute approximate surface area is 191 Å². The first kappa shape index (κ1) is 21.4. The molecule has 32 heavy (non-hydrogen) atoms. The number of amides is 1. The molecule has 8 nitrogen and oxygen atoms in total. The zero-order chi connectivity index (χ0) is 22.5. The molecule has 1 saturated heterocycles. The Bertz CT molecular complexity index is 1140. The fraction of sp³-hybridized carbons (Fsp3) is 0.478. The van der Waals surface area contributed by atoms with Gasteiger partial charge in [0, 0.05) is 67.9 Å². The fourth-order valence-electron chi connectivity index (χ4n) is 5.53. The number of hydrogen-bond donors (Lipinski definition) is 1. The Morgan fingerprint density at radius 1 is 1.31 bits per heavy atom. The molecule has 9 heteroatoms. The lowest BCUT2D eigenvalue weighted by molar-refractivity contribution is -0.143. The van der Waals surface area contributed by atoms with Crippen LogP contribution in [0.3, 0.4) is 0 Å². The first-order valence-corrected chi connectivity index (χ1v) is 11.6. The van der Waals surface area contributed by atoms with Gasteiger partial charge in [-0.2, -0.15) is 0 Å². The van der Waals surface area contributed by atoms with Gasteiger partial charge in [-0.05, 0) is 17.7 Å². The lowest BCUT2D eigenvalue weighted by atomic mass is 9.68. The van der Waals surface area contributed by atoms with Crippen LogP contribution in [0.15, 0.2) is 29.8 Å². The third kappa shape index (κ3) is 3.23. The summed E-state index contributed by atoms with van der Waals surface area (Å²) in [6, 6.07) is 5.72. The summed E-state index contributed by atoms with van der Waals surface area (Å²) in [5.41, 5.74) is 3.09. The number of aromatic nitrogens is 2. The van der Waals surface area contributed by atoms with E-state index in [1.165, 1.54) is 12.7 Å². The third-order valence-electron chi connectivity index (χ3n) is 6.80. The molecule has 1 spiro atoms. The van der Waals surface area contributed by atoms with Gasteiger partial charge >= 0.3 is 0 Å². The van der Waals surface area contributed by atoms with Crippen molar-refractivity contribution in [1.29, 1.82) is 0 Å². The number of nitrogens with zero attached hydrogens (tertiary/aromatic N) is 4. The Morgan fingerprint density at radius 3 is 2.78 bits per heavy atom. The number of rotatable bonds is 6. The van der Waals surface area contributed by atoms with Crippen LogP contribution in [0.5, 0.6) is 5.75 Å². The van der Waals surface area contributed by atoms with E-state index < -0.39 is 6.04 Å². The summed E-state index contributed by atoms with van der Waals surface area (Å²) < 4.78 is 12.7. The molecule has 0 unspecified atom stereocenters. The van der Waals surface area contributed by atoms with Gasteiger partial charge < -0.3 is 24.0 Å². The molecule has 1 amide bonds. The molecule has 5 rings (SSSR count). The van der Waals surface area contributed by atoms with Crippen molar-refractivity contribution in [2.45, 2.75) is 18.0 Å². The van der Waals surface area contributed by atoms with Crippen LogP contribution < -0.4 is 4.74 Å². The molecule has 170 valence electrons. The van der Waals surface area contributed by atoms with Gasteiger partial charge in [0.05, 0.1) is 31.8 Å². The van der Waals surface area contributed by atoms with Crippen molar-refractivity contribution >= 4 is 28.1 Å².